The summed E-state index contributed by atoms with van der Waals surface area (Å²) in [5.41, 5.74) is 5.21. The van der Waals surface area contributed by atoms with Gasteiger partial charge in [-0.25, -0.2) is 0 Å². The van der Waals surface area contributed by atoms with Crippen molar-refractivity contribution in [3.8, 4) is 11.5 Å². The number of ether oxygens (including phenoxy) is 1. The van der Waals surface area contributed by atoms with Crippen LogP contribution in [0.25, 0.3) is 6.08 Å². The molecule has 1 aliphatic heterocycles. The summed E-state index contributed by atoms with van der Waals surface area (Å²) in [4.78, 5) is 35.4. The fraction of sp³-hybridized carbons (Fsp3) is 0.154. The SMILES string of the molecule is COc1cc(Cl)cc(/C=C2\SC(=O)N(CC(N)=O)C2=O)c1O. The minimum absolute atomic E-state index is 0.0471. The highest BCUT2D eigenvalue weighted by Gasteiger charge is 2.36. The van der Waals surface area contributed by atoms with Crippen LogP contribution in [-0.4, -0.2) is 40.7 Å². The molecule has 3 amide bonds. The van der Waals surface area contributed by atoms with E-state index >= 15 is 0 Å². The highest BCUT2D eigenvalue weighted by Crippen LogP contribution is 2.38. The molecule has 1 saturated heterocycles. The summed E-state index contributed by atoms with van der Waals surface area (Å²) >= 11 is 6.54. The van der Waals surface area contributed by atoms with Crippen molar-refractivity contribution in [1.29, 1.82) is 0 Å². The molecule has 116 valence electrons. The molecule has 1 fully saturated rings. The van der Waals surface area contributed by atoms with E-state index in [-0.39, 0.29) is 27.0 Å². The van der Waals surface area contributed by atoms with E-state index in [0.717, 1.165) is 4.90 Å². The van der Waals surface area contributed by atoms with Crippen molar-refractivity contribution >= 4 is 46.5 Å². The van der Waals surface area contributed by atoms with Crippen LogP contribution in [0.15, 0.2) is 17.0 Å². The number of carbonyl (C=O) groups excluding carboxylic acids is 3. The third-order valence-corrected chi connectivity index (χ3v) is 3.89. The van der Waals surface area contributed by atoms with Crippen LogP contribution in [0.2, 0.25) is 5.02 Å². The maximum atomic E-state index is 12.1. The molecule has 0 atom stereocenters. The first-order chi connectivity index (χ1) is 10.3. The molecule has 0 aliphatic carbocycles. The van der Waals surface area contributed by atoms with Gasteiger partial charge in [-0.3, -0.25) is 19.3 Å². The summed E-state index contributed by atoms with van der Waals surface area (Å²) in [6.45, 7) is -0.493. The number of nitrogens with two attached hydrogens (primary N) is 1. The Balaban J connectivity index is 2.39. The third kappa shape index (κ3) is 3.18. The van der Waals surface area contributed by atoms with Gasteiger partial charge >= 0.3 is 0 Å². The summed E-state index contributed by atoms with van der Waals surface area (Å²) < 4.78 is 4.96. The number of imide groups is 1. The molecule has 1 aromatic rings. The largest absolute Gasteiger partial charge is 0.504 e. The number of aromatic hydroxyl groups is 1. The fourth-order valence-corrected chi connectivity index (χ4v) is 2.84. The van der Waals surface area contributed by atoms with Gasteiger partial charge in [0.15, 0.2) is 11.5 Å². The number of rotatable bonds is 4. The molecule has 0 radical (unpaired) electrons. The van der Waals surface area contributed by atoms with Crippen molar-refractivity contribution < 1.29 is 24.2 Å². The number of hydrogen-bond donors (Lipinski definition) is 2. The summed E-state index contributed by atoms with van der Waals surface area (Å²) in [5, 5.41) is 9.70. The lowest BCUT2D eigenvalue weighted by Gasteiger charge is -2.09. The van der Waals surface area contributed by atoms with E-state index in [1.807, 2.05) is 0 Å². The molecular weight excluding hydrogens is 332 g/mol. The Kier molecular flexibility index (Phi) is 4.62. The van der Waals surface area contributed by atoms with Crippen LogP contribution >= 0.6 is 23.4 Å². The van der Waals surface area contributed by atoms with Crippen LogP contribution in [0, 0.1) is 0 Å². The lowest BCUT2D eigenvalue weighted by Crippen LogP contribution is -2.36. The molecule has 22 heavy (non-hydrogen) atoms. The number of phenols is 1. The van der Waals surface area contributed by atoms with E-state index in [2.05, 4.69) is 0 Å². The summed E-state index contributed by atoms with van der Waals surface area (Å²) in [6.07, 6.45) is 1.30. The number of benzene rings is 1. The zero-order chi connectivity index (χ0) is 16.4. The van der Waals surface area contributed by atoms with Crippen molar-refractivity contribution in [3.63, 3.8) is 0 Å². The van der Waals surface area contributed by atoms with E-state index in [9.17, 15) is 19.5 Å². The lowest BCUT2D eigenvalue weighted by atomic mass is 10.1. The van der Waals surface area contributed by atoms with Crippen molar-refractivity contribution in [1.82, 2.24) is 4.90 Å². The molecule has 1 heterocycles. The van der Waals surface area contributed by atoms with Crippen LogP contribution in [0.4, 0.5) is 4.79 Å². The van der Waals surface area contributed by atoms with Gasteiger partial charge in [0.25, 0.3) is 11.1 Å². The van der Waals surface area contributed by atoms with Gasteiger partial charge in [0, 0.05) is 16.7 Å². The highest BCUT2D eigenvalue weighted by molar-refractivity contribution is 8.18. The third-order valence-electron chi connectivity index (χ3n) is 2.76. The number of carbonyl (C=O) groups is 3. The Morgan fingerprint density at radius 3 is 2.77 bits per heavy atom. The van der Waals surface area contributed by atoms with Crippen molar-refractivity contribution in [2.45, 2.75) is 0 Å². The molecule has 0 unspecified atom stereocenters. The second-order valence-corrected chi connectivity index (χ2v) is 5.71. The normalized spacial score (nSPS) is 16.5. The molecule has 7 nitrogen and oxygen atoms in total. The molecule has 2 rings (SSSR count). The molecule has 1 aromatic carbocycles. The molecule has 0 spiro atoms. The zero-order valence-corrected chi connectivity index (χ0v) is 12.9. The van der Waals surface area contributed by atoms with Crippen molar-refractivity contribution in [3.05, 3.63) is 27.6 Å². The van der Waals surface area contributed by atoms with Gasteiger partial charge in [0.1, 0.15) is 6.54 Å². The van der Waals surface area contributed by atoms with Gasteiger partial charge in [-0.2, -0.15) is 0 Å². The molecule has 3 N–H and O–H groups in total. The summed E-state index contributed by atoms with van der Waals surface area (Å²) in [6, 6.07) is 2.83. The maximum Gasteiger partial charge on any atom is 0.294 e. The van der Waals surface area contributed by atoms with E-state index in [1.165, 1.54) is 25.3 Å². The number of amides is 3. The van der Waals surface area contributed by atoms with Crippen LogP contribution in [-0.2, 0) is 9.59 Å². The van der Waals surface area contributed by atoms with E-state index in [1.54, 1.807) is 0 Å². The zero-order valence-electron chi connectivity index (χ0n) is 11.3. The van der Waals surface area contributed by atoms with Gasteiger partial charge in [0.2, 0.25) is 5.91 Å². The maximum absolute atomic E-state index is 12.1. The van der Waals surface area contributed by atoms with Crippen molar-refractivity contribution in [2.24, 2.45) is 5.73 Å². The first-order valence-corrected chi connectivity index (χ1v) is 7.13. The molecule has 1 aliphatic rings. The molecule has 0 aromatic heterocycles. The predicted molar refractivity (Wildman–Crippen MR) is 81.5 cm³/mol. The minimum Gasteiger partial charge on any atom is -0.504 e. The monoisotopic (exact) mass is 342 g/mol. The van der Waals surface area contributed by atoms with E-state index < -0.39 is 23.6 Å². The average Bonchev–Trinajstić information content (AvgIpc) is 2.69. The highest BCUT2D eigenvalue weighted by atomic mass is 35.5. The number of primary amides is 1. The standard InChI is InChI=1S/C13H11ClN2O5S/c1-21-8-4-7(14)2-6(11(8)18)3-9-12(19)16(5-10(15)17)13(20)22-9/h2-4,18H,5H2,1H3,(H2,15,17)/b9-3-. The number of thioether (sulfide) groups is 1. The van der Waals surface area contributed by atoms with E-state index in [0.29, 0.717) is 11.8 Å². The van der Waals surface area contributed by atoms with Crippen LogP contribution in [0.3, 0.4) is 0 Å². The summed E-state index contributed by atoms with van der Waals surface area (Å²) in [7, 11) is 1.36. The molecule has 0 saturated carbocycles. The quantitative estimate of drug-likeness (QED) is 0.804. The average molecular weight is 343 g/mol. The van der Waals surface area contributed by atoms with E-state index in [4.69, 9.17) is 22.1 Å². The number of phenolic OH excluding ortho intramolecular Hbond substituents is 1. The summed E-state index contributed by atoms with van der Waals surface area (Å²) in [5.74, 6) is -1.54. The number of methoxy groups -OCH3 is 1. The number of nitrogens with zero attached hydrogens (tertiary/aromatic N) is 1. The Bertz CT molecular complexity index is 704. The lowest BCUT2D eigenvalue weighted by molar-refractivity contribution is -0.127. The Hall–Kier alpha value is -2.19. The first kappa shape index (κ1) is 16.2. The number of halogens is 1. The van der Waals surface area contributed by atoms with Gasteiger partial charge in [0.05, 0.1) is 12.0 Å². The second-order valence-electron chi connectivity index (χ2n) is 4.28. The van der Waals surface area contributed by atoms with Crippen molar-refractivity contribution in [2.75, 3.05) is 13.7 Å². The molecule has 0 bridgehead atoms. The molecular formula is C13H11ClN2O5S. The smallest absolute Gasteiger partial charge is 0.294 e. The van der Waals surface area contributed by atoms with Crippen LogP contribution in [0.1, 0.15) is 5.56 Å². The fourth-order valence-electron chi connectivity index (χ4n) is 1.79. The Labute approximate surface area is 134 Å². The van der Waals surface area contributed by atoms with Crippen LogP contribution < -0.4 is 10.5 Å². The Morgan fingerprint density at radius 1 is 1.50 bits per heavy atom. The molecule has 9 heteroatoms. The van der Waals surface area contributed by atoms with Gasteiger partial charge < -0.3 is 15.6 Å². The van der Waals surface area contributed by atoms with Gasteiger partial charge in [-0.1, -0.05) is 11.6 Å². The first-order valence-electron chi connectivity index (χ1n) is 5.93. The topological polar surface area (TPSA) is 110 Å². The predicted octanol–water partition coefficient (Wildman–Crippen LogP) is 1.58. The number of hydrogen-bond acceptors (Lipinski definition) is 6. The van der Waals surface area contributed by atoms with Gasteiger partial charge in [-0.15, -0.1) is 0 Å². The second kappa shape index (κ2) is 6.29. The Morgan fingerprint density at radius 2 is 2.18 bits per heavy atom. The minimum atomic E-state index is -0.796. The van der Waals surface area contributed by atoms with Crippen LogP contribution in [0.5, 0.6) is 11.5 Å². The van der Waals surface area contributed by atoms with Gasteiger partial charge in [-0.05, 0) is 23.9 Å².